The van der Waals surface area contributed by atoms with E-state index in [1.807, 2.05) is 0 Å². The Morgan fingerprint density at radius 1 is 1.41 bits per heavy atom. The molecule has 1 heterocycles. The third-order valence-corrected chi connectivity index (χ3v) is 4.39. The number of nitrogens with zero attached hydrogens (tertiary/aromatic N) is 1. The number of carbonyl (C=O) groups is 2. The molecule has 7 heteroatoms. The number of halogens is 1. The smallest absolute Gasteiger partial charge is 0.347 e. The van der Waals surface area contributed by atoms with Crippen LogP contribution in [0.1, 0.15) is 38.9 Å². The maximum Gasteiger partial charge on any atom is 0.347 e. The van der Waals surface area contributed by atoms with Crippen LogP contribution in [0.5, 0.6) is 0 Å². The molecule has 1 aromatic carbocycles. The molecule has 1 atom stereocenters. The number of hydrogen-bond acceptors (Lipinski definition) is 4. The van der Waals surface area contributed by atoms with Crippen LogP contribution in [0.25, 0.3) is 0 Å². The maximum atomic E-state index is 13.5. The largest absolute Gasteiger partial charge is 0.477 e. The minimum absolute atomic E-state index is 0.0762. The zero-order valence-corrected chi connectivity index (χ0v) is 12.9. The first-order valence-corrected chi connectivity index (χ1v) is 7.43. The van der Waals surface area contributed by atoms with Gasteiger partial charge in [0.2, 0.25) is 5.91 Å². The number of amides is 1. The molecule has 0 radical (unpaired) electrons. The molecule has 0 aliphatic carbocycles. The van der Waals surface area contributed by atoms with Crippen molar-refractivity contribution in [2.45, 2.75) is 26.3 Å². The van der Waals surface area contributed by atoms with Crippen molar-refractivity contribution in [3.05, 3.63) is 51.2 Å². The van der Waals surface area contributed by atoms with Crippen LogP contribution in [0.15, 0.2) is 24.3 Å². The average molecular weight is 322 g/mol. The normalized spacial score (nSPS) is 12.0. The van der Waals surface area contributed by atoms with Gasteiger partial charge in [-0.25, -0.2) is 14.2 Å². The maximum absolute atomic E-state index is 13.5. The standard InChI is InChI=1S/C15H15FN2O3S/c1-8-13(15(20)21)22-14(18-8)9(2)17-12(19)7-10-5-3-4-6-11(10)16/h3-6,9H,7H2,1-2H3,(H,17,19)(H,20,21)/t9-/m1/s1. The number of rotatable bonds is 5. The predicted molar refractivity (Wildman–Crippen MR) is 80.5 cm³/mol. The molecular formula is C15H15FN2O3S. The summed E-state index contributed by atoms with van der Waals surface area (Å²) in [5.74, 6) is -1.81. The van der Waals surface area contributed by atoms with Crippen molar-refractivity contribution in [3.63, 3.8) is 0 Å². The van der Waals surface area contributed by atoms with E-state index in [1.165, 1.54) is 6.07 Å². The molecule has 116 valence electrons. The van der Waals surface area contributed by atoms with Crippen molar-refractivity contribution in [2.24, 2.45) is 0 Å². The van der Waals surface area contributed by atoms with Gasteiger partial charge in [-0.3, -0.25) is 4.79 Å². The quantitative estimate of drug-likeness (QED) is 0.887. The Morgan fingerprint density at radius 3 is 2.68 bits per heavy atom. The van der Waals surface area contributed by atoms with Gasteiger partial charge >= 0.3 is 5.97 Å². The number of thiazole rings is 1. The van der Waals surface area contributed by atoms with Crippen LogP contribution in [0.2, 0.25) is 0 Å². The van der Waals surface area contributed by atoms with Gasteiger partial charge in [-0.1, -0.05) is 18.2 Å². The number of aromatic carboxylic acids is 1. The van der Waals surface area contributed by atoms with Gasteiger partial charge in [0, 0.05) is 0 Å². The summed E-state index contributed by atoms with van der Waals surface area (Å²) in [7, 11) is 0. The van der Waals surface area contributed by atoms with E-state index in [4.69, 9.17) is 5.11 Å². The lowest BCUT2D eigenvalue weighted by atomic mass is 10.1. The summed E-state index contributed by atoms with van der Waals surface area (Å²) in [5, 5.41) is 12.2. The van der Waals surface area contributed by atoms with Crippen LogP contribution >= 0.6 is 11.3 Å². The Kier molecular flexibility index (Phi) is 4.87. The van der Waals surface area contributed by atoms with Crippen molar-refractivity contribution in [3.8, 4) is 0 Å². The molecule has 0 spiro atoms. The highest BCUT2D eigenvalue weighted by atomic mass is 32.1. The van der Waals surface area contributed by atoms with Crippen LogP contribution in [0.3, 0.4) is 0 Å². The number of carboxylic acids is 1. The number of carboxylic acid groups (broad SMARTS) is 1. The third-order valence-electron chi connectivity index (χ3n) is 3.06. The highest BCUT2D eigenvalue weighted by molar-refractivity contribution is 7.13. The van der Waals surface area contributed by atoms with E-state index in [2.05, 4.69) is 10.3 Å². The number of hydrogen-bond donors (Lipinski definition) is 2. The Hall–Kier alpha value is -2.28. The summed E-state index contributed by atoms with van der Waals surface area (Å²) in [6.07, 6.45) is -0.0762. The number of carbonyl (C=O) groups excluding carboxylic acids is 1. The second-order valence-electron chi connectivity index (χ2n) is 4.83. The van der Waals surface area contributed by atoms with Crippen LogP contribution in [-0.2, 0) is 11.2 Å². The number of nitrogens with one attached hydrogen (secondary N) is 1. The second kappa shape index (κ2) is 6.65. The topological polar surface area (TPSA) is 79.3 Å². The van der Waals surface area contributed by atoms with Crippen LogP contribution in [-0.4, -0.2) is 22.0 Å². The lowest BCUT2D eigenvalue weighted by molar-refractivity contribution is -0.121. The molecule has 1 aromatic heterocycles. The van der Waals surface area contributed by atoms with E-state index >= 15 is 0 Å². The van der Waals surface area contributed by atoms with Crippen molar-refractivity contribution in [1.82, 2.24) is 10.3 Å². The van der Waals surface area contributed by atoms with E-state index in [9.17, 15) is 14.0 Å². The highest BCUT2D eigenvalue weighted by Crippen LogP contribution is 2.23. The molecule has 5 nitrogen and oxygen atoms in total. The average Bonchev–Trinajstić information content (AvgIpc) is 2.83. The molecule has 2 N–H and O–H groups in total. The molecule has 0 aliphatic heterocycles. The lowest BCUT2D eigenvalue weighted by Crippen LogP contribution is -2.28. The SMILES string of the molecule is Cc1nc([C@@H](C)NC(=O)Cc2ccccc2F)sc1C(=O)O. The van der Waals surface area contributed by atoms with Gasteiger partial charge in [0.15, 0.2) is 0 Å². The summed E-state index contributed by atoms with van der Waals surface area (Å²) in [6.45, 7) is 3.32. The molecule has 0 saturated carbocycles. The molecule has 2 rings (SSSR count). The minimum Gasteiger partial charge on any atom is -0.477 e. The lowest BCUT2D eigenvalue weighted by Gasteiger charge is -2.11. The summed E-state index contributed by atoms with van der Waals surface area (Å²) in [5.41, 5.74) is 0.733. The fourth-order valence-corrected chi connectivity index (χ4v) is 2.88. The van der Waals surface area contributed by atoms with E-state index < -0.39 is 17.8 Å². The van der Waals surface area contributed by atoms with Gasteiger partial charge < -0.3 is 10.4 Å². The third kappa shape index (κ3) is 3.67. The monoisotopic (exact) mass is 322 g/mol. The van der Waals surface area contributed by atoms with E-state index in [0.717, 1.165) is 11.3 Å². The fraction of sp³-hybridized carbons (Fsp3) is 0.267. The summed E-state index contributed by atoms with van der Waals surface area (Å²) in [4.78, 5) is 27.3. The van der Waals surface area contributed by atoms with E-state index in [0.29, 0.717) is 16.3 Å². The van der Waals surface area contributed by atoms with Crippen molar-refractivity contribution < 1.29 is 19.1 Å². The Labute approximate surface area is 130 Å². The van der Waals surface area contributed by atoms with Gasteiger partial charge in [-0.05, 0) is 25.5 Å². The fourth-order valence-electron chi connectivity index (χ4n) is 1.97. The van der Waals surface area contributed by atoms with Crippen LogP contribution in [0, 0.1) is 12.7 Å². The molecule has 0 aliphatic rings. The van der Waals surface area contributed by atoms with E-state index in [1.54, 1.807) is 32.0 Å². The first-order valence-electron chi connectivity index (χ1n) is 6.62. The molecule has 0 saturated heterocycles. The summed E-state index contributed by atoms with van der Waals surface area (Å²) >= 11 is 1.03. The van der Waals surface area contributed by atoms with Crippen molar-refractivity contribution in [1.29, 1.82) is 0 Å². The molecule has 0 bridgehead atoms. The van der Waals surface area contributed by atoms with Crippen molar-refractivity contribution in [2.75, 3.05) is 0 Å². The molecule has 0 fully saturated rings. The second-order valence-corrected chi connectivity index (χ2v) is 5.86. The summed E-state index contributed by atoms with van der Waals surface area (Å²) in [6, 6.07) is 5.64. The Balaban J connectivity index is 2.04. The van der Waals surface area contributed by atoms with E-state index in [-0.39, 0.29) is 17.2 Å². The van der Waals surface area contributed by atoms with Crippen LogP contribution < -0.4 is 5.32 Å². The predicted octanol–water partition coefficient (Wildman–Crippen LogP) is 2.71. The Bertz CT molecular complexity index is 715. The van der Waals surface area contributed by atoms with Crippen molar-refractivity contribution >= 4 is 23.2 Å². The van der Waals surface area contributed by atoms with Gasteiger partial charge in [0.25, 0.3) is 0 Å². The zero-order valence-electron chi connectivity index (χ0n) is 12.1. The first-order chi connectivity index (χ1) is 10.4. The zero-order chi connectivity index (χ0) is 16.3. The van der Waals surface area contributed by atoms with Gasteiger partial charge in [0.05, 0.1) is 18.2 Å². The van der Waals surface area contributed by atoms with Gasteiger partial charge in [0.1, 0.15) is 15.7 Å². The molecule has 2 aromatic rings. The minimum atomic E-state index is -1.04. The number of benzene rings is 1. The molecule has 1 amide bonds. The first kappa shape index (κ1) is 16.1. The highest BCUT2D eigenvalue weighted by Gasteiger charge is 2.19. The molecular weight excluding hydrogens is 307 g/mol. The number of aromatic nitrogens is 1. The molecule has 22 heavy (non-hydrogen) atoms. The molecule has 0 unspecified atom stereocenters. The number of aryl methyl sites for hydroxylation is 1. The van der Waals surface area contributed by atoms with Gasteiger partial charge in [-0.2, -0.15) is 0 Å². The van der Waals surface area contributed by atoms with Gasteiger partial charge in [-0.15, -0.1) is 11.3 Å². The summed E-state index contributed by atoms with van der Waals surface area (Å²) < 4.78 is 13.5. The van der Waals surface area contributed by atoms with Crippen LogP contribution in [0.4, 0.5) is 4.39 Å². The Morgan fingerprint density at radius 2 is 2.09 bits per heavy atom.